The Balaban J connectivity index is 1.91. The molecule has 2 saturated carbocycles. The van der Waals surface area contributed by atoms with E-state index in [-0.39, 0.29) is 0 Å². The second-order valence-electron chi connectivity index (χ2n) is 4.14. The van der Waals surface area contributed by atoms with Gasteiger partial charge in [0.25, 0.3) is 0 Å². The fourth-order valence-corrected chi connectivity index (χ4v) is 2.37. The highest BCUT2D eigenvalue weighted by Crippen LogP contribution is 2.57. The minimum atomic E-state index is 0.432. The number of hydrogen-bond donors (Lipinski definition) is 1. The molecule has 0 aromatic rings. The van der Waals surface area contributed by atoms with Gasteiger partial charge in [-0.2, -0.15) is 0 Å². The lowest BCUT2D eigenvalue weighted by molar-refractivity contribution is 0.152. The van der Waals surface area contributed by atoms with Gasteiger partial charge in [-0.1, -0.05) is 6.42 Å². The third-order valence-corrected chi connectivity index (χ3v) is 3.26. The Morgan fingerprint density at radius 1 is 1.30 bits per heavy atom. The Kier molecular flexibility index (Phi) is 1.48. The smallest absolute Gasteiger partial charge is 0.0459 e. The average Bonchev–Trinajstić information content (AvgIpc) is 2.70. The van der Waals surface area contributed by atoms with Crippen molar-refractivity contribution in [3.05, 3.63) is 0 Å². The summed E-state index contributed by atoms with van der Waals surface area (Å²) in [7, 11) is 0. The highest BCUT2D eigenvalue weighted by atomic mass is 16.3. The van der Waals surface area contributed by atoms with Crippen molar-refractivity contribution >= 4 is 0 Å². The van der Waals surface area contributed by atoms with Gasteiger partial charge < -0.3 is 5.11 Å². The normalized spacial score (nSPS) is 36.3. The molecule has 0 aliphatic heterocycles. The maximum atomic E-state index is 8.95. The summed E-state index contributed by atoms with van der Waals surface area (Å²) in [5.74, 6) is 0.649. The Morgan fingerprint density at radius 2 is 2.10 bits per heavy atom. The third kappa shape index (κ3) is 1.07. The van der Waals surface area contributed by atoms with Crippen LogP contribution in [-0.4, -0.2) is 11.7 Å². The predicted molar refractivity (Wildman–Crippen MR) is 40.7 cm³/mol. The zero-order chi connectivity index (χ0) is 7.03. The summed E-state index contributed by atoms with van der Waals surface area (Å²) in [6.45, 7) is 0.432. The quantitative estimate of drug-likeness (QED) is 0.590. The Bertz CT molecular complexity index is 127. The molecule has 1 atom stereocenters. The summed E-state index contributed by atoms with van der Waals surface area (Å²) < 4.78 is 0. The van der Waals surface area contributed by atoms with Crippen LogP contribution in [0, 0.1) is 11.3 Å². The fraction of sp³-hybridized carbons (Fsp3) is 1.00. The zero-order valence-electron chi connectivity index (χ0n) is 6.47. The molecule has 1 nitrogen and oxygen atoms in total. The fourth-order valence-electron chi connectivity index (χ4n) is 2.37. The van der Waals surface area contributed by atoms with Gasteiger partial charge >= 0.3 is 0 Å². The van der Waals surface area contributed by atoms with E-state index in [1.54, 1.807) is 0 Å². The summed E-state index contributed by atoms with van der Waals surface area (Å²) in [4.78, 5) is 0. The molecule has 2 rings (SSSR count). The maximum Gasteiger partial charge on any atom is 0.0459 e. The van der Waals surface area contributed by atoms with E-state index < -0.39 is 0 Å². The summed E-state index contributed by atoms with van der Waals surface area (Å²) >= 11 is 0. The standard InChI is InChI=1S/C9H16O/c10-7-8-2-1-3-9(6-8)4-5-9/h8,10H,1-7H2/t8-/m0/s1. The first-order valence-electron chi connectivity index (χ1n) is 4.46. The predicted octanol–water partition coefficient (Wildman–Crippen LogP) is 1.95. The van der Waals surface area contributed by atoms with Crippen LogP contribution in [0.5, 0.6) is 0 Å². The molecule has 1 N–H and O–H groups in total. The highest BCUT2D eigenvalue weighted by Gasteiger charge is 2.45. The zero-order valence-corrected chi connectivity index (χ0v) is 6.47. The van der Waals surface area contributed by atoms with Crippen molar-refractivity contribution in [1.29, 1.82) is 0 Å². The van der Waals surface area contributed by atoms with Crippen LogP contribution in [0.1, 0.15) is 38.5 Å². The SMILES string of the molecule is OC[C@H]1CCCC2(CC2)C1. The lowest BCUT2D eigenvalue weighted by Gasteiger charge is -2.27. The van der Waals surface area contributed by atoms with E-state index in [1.165, 1.54) is 38.5 Å². The molecule has 2 aliphatic rings. The van der Waals surface area contributed by atoms with E-state index in [1.807, 2.05) is 0 Å². The van der Waals surface area contributed by atoms with Crippen LogP contribution >= 0.6 is 0 Å². The van der Waals surface area contributed by atoms with Gasteiger partial charge in [0.05, 0.1) is 0 Å². The van der Waals surface area contributed by atoms with Gasteiger partial charge in [0.15, 0.2) is 0 Å². The van der Waals surface area contributed by atoms with Crippen LogP contribution in [0.3, 0.4) is 0 Å². The minimum absolute atomic E-state index is 0.432. The molecule has 0 heterocycles. The molecule has 0 unspecified atom stereocenters. The number of hydrogen-bond acceptors (Lipinski definition) is 1. The first-order valence-corrected chi connectivity index (χ1v) is 4.46. The Hall–Kier alpha value is -0.0400. The van der Waals surface area contributed by atoms with Crippen molar-refractivity contribution in [2.45, 2.75) is 38.5 Å². The van der Waals surface area contributed by atoms with Crippen LogP contribution in [-0.2, 0) is 0 Å². The van der Waals surface area contributed by atoms with Crippen LogP contribution in [0.15, 0.2) is 0 Å². The summed E-state index contributed by atoms with van der Waals surface area (Å²) in [5.41, 5.74) is 0.742. The molecule has 0 radical (unpaired) electrons. The monoisotopic (exact) mass is 140 g/mol. The van der Waals surface area contributed by atoms with E-state index in [9.17, 15) is 0 Å². The van der Waals surface area contributed by atoms with Crippen LogP contribution in [0.4, 0.5) is 0 Å². The lowest BCUT2D eigenvalue weighted by atomic mass is 9.79. The van der Waals surface area contributed by atoms with Crippen LogP contribution in [0.2, 0.25) is 0 Å². The van der Waals surface area contributed by atoms with Crippen molar-refractivity contribution in [3.63, 3.8) is 0 Å². The van der Waals surface area contributed by atoms with Gasteiger partial charge in [-0.05, 0) is 43.4 Å². The average molecular weight is 140 g/mol. The van der Waals surface area contributed by atoms with E-state index in [0.717, 1.165) is 5.41 Å². The molecule has 1 spiro atoms. The van der Waals surface area contributed by atoms with Crippen molar-refractivity contribution in [2.75, 3.05) is 6.61 Å². The maximum absolute atomic E-state index is 8.95. The molecule has 2 fully saturated rings. The van der Waals surface area contributed by atoms with E-state index in [4.69, 9.17) is 5.11 Å². The molecule has 0 saturated heterocycles. The van der Waals surface area contributed by atoms with Gasteiger partial charge in [0.2, 0.25) is 0 Å². The lowest BCUT2D eigenvalue weighted by Crippen LogP contribution is -2.18. The molecule has 58 valence electrons. The molecule has 0 aromatic heterocycles. The van der Waals surface area contributed by atoms with Gasteiger partial charge in [-0.3, -0.25) is 0 Å². The van der Waals surface area contributed by atoms with Crippen molar-refractivity contribution in [3.8, 4) is 0 Å². The van der Waals surface area contributed by atoms with Crippen molar-refractivity contribution in [1.82, 2.24) is 0 Å². The van der Waals surface area contributed by atoms with Crippen molar-refractivity contribution < 1.29 is 5.11 Å². The van der Waals surface area contributed by atoms with Crippen LogP contribution in [0.25, 0.3) is 0 Å². The molecule has 10 heavy (non-hydrogen) atoms. The second-order valence-corrected chi connectivity index (χ2v) is 4.14. The van der Waals surface area contributed by atoms with E-state index in [2.05, 4.69) is 0 Å². The van der Waals surface area contributed by atoms with Gasteiger partial charge in [0.1, 0.15) is 0 Å². The first kappa shape index (κ1) is 6.66. The van der Waals surface area contributed by atoms with Gasteiger partial charge in [-0.25, -0.2) is 0 Å². The molecule has 0 bridgehead atoms. The molecule has 2 aliphatic carbocycles. The molecular formula is C9H16O. The van der Waals surface area contributed by atoms with Gasteiger partial charge in [0, 0.05) is 6.61 Å². The van der Waals surface area contributed by atoms with E-state index >= 15 is 0 Å². The molecule has 1 heteroatoms. The number of aliphatic hydroxyl groups excluding tert-OH is 1. The molecule has 0 aromatic carbocycles. The number of aliphatic hydroxyl groups is 1. The minimum Gasteiger partial charge on any atom is -0.396 e. The Labute approximate surface area is 62.4 Å². The largest absolute Gasteiger partial charge is 0.396 e. The molecular weight excluding hydrogens is 124 g/mol. The third-order valence-electron chi connectivity index (χ3n) is 3.26. The Morgan fingerprint density at radius 3 is 2.70 bits per heavy atom. The summed E-state index contributed by atoms with van der Waals surface area (Å²) in [5, 5.41) is 8.95. The highest BCUT2D eigenvalue weighted by molar-refractivity contribution is 4.96. The second kappa shape index (κ2) is 2.23. The first-order chi connectivity index (χ1) is 4.85. The molecule has 0 amide bonds. The number of rotatable bonds is 1. The van der Waals surface area contributed by atoms with Gasteiger partial charge in [-0.15, -0.1) is 0 Å². The topological polar surface area (TPSA) is 20.2 Å². The van der Waals surface area contributed by atoms with Crippen LogP contribution < -0.4 is 0 Å². The van der Waals surface area contributed by atoms with E-state index in [0.29, 0.717) is 12.5 Å². The van der Waals surface area contributed by atoms with Crippen molar-refractivity contribution in [2.24, 2.45) is 11.3 Å². The summed E-state index contributed by atoms with van der Waals surface area (Å²) in [6, 6.07) is 0. The summed E-state index contributed by atoms with van der Waals surface area (Å²) in [6.07, 6.45) is 8.31.